The maximum Gasteiger partial charge on any atom is 0.291 e. The molecule has 0 fully saturated rings. The highest BCUT2D eigenvalue weighted by atomic mass is 35.5. The molecule has 3 aromatic rings. The van der Waals surface area contributed by atoms with Crippen LogP contribution in [-0.4, -0.2) is 13.0 Å². The third kappa shape index (κ3) is 3.21. The van der Waals surface area contributed by atoms with Crippen LogP contribution in [0.1, 0.15) is 10.6 Å². The highest BCUT2D eigenvalue weighted by Crippen LogP contribution is 2.30. The minimum absolute atomic E-state index is 0.170. The maximum absolute atomic E-state index is 12.4. The third-order valence-electron chi connectivity index (χ3n) is 3.44. The molecule has 3 rings (SSSR count). The van der Waals surface area contributed by atoms with E-state index in [2.05, 4.69) is 5.32 Å². The van der Waals surface area contributed by atoms with Crippen molar-refractivity contribution in [3.63, 3.8) is 0 Å². The van der Waals surface area contributed by atoms with Gasteiger partial charge in [0, 0.05) is 17.3 Å². The van der Waals surface area contributed by atoms with Crippen LogP contribution in [0.2, 0.25) is 5.02 Å². The van der Waals surface area contributed by atoms with Gasteiger partial charge in [0.05, 0.1) is 17.8 Å². The fraction of sp³-hybridized carbons (Fsp3) is 0.0556. The quantitative estimate of drug-likeness (QED) is 0.687. The molecule has 0 radical (unpaired) electrons. The predicted molar refractivity (Wildman–Crippen MR) is 94.5 cm³/mol. The molecule has 0 bridgehead atoms. The monoisotopic (exact) mass is 342 g/mol. The Balaban J connectivity index is 1.83. The number of halogens is 1. The molecule has 0 atom stereocenters. The van der Waals surface area contributed by atoms with Crippen LogP contribution in [0.4, 0.5) is 11.4 Å². The van der Waals surface area contributed by atoms with Crippen molar-refractivity contribution < 1.29 is 13.9 Å². The molecule has 5 nitrogen and oxygen atoms in total. The topological polar surface area (TPSA) is 77.5 Å². The fourth-order valence-corrected chi connectivity index (χ4v) is 2.49. The number of rotatable bonds is 4. The van der Waals surface area contributed by atoms with Crippen LogP contribution in [-0.2, 0) is 0 Å². The van der Waals surface area contributed by atoms with Crippen LogP contribution in [0.5, 0.6) is 5.75 Å². The van der Waals surface area contributed by atoms with E-state index in [0.29, 0.717) is 27.9 Å². The van der Waals surface area contributed by atoms with E-state index in [0.717, 1.165) is 5.56 Å². The lowest BCUT2D eigenvalue weighted by molar-refractivity contribution is 0.0997. The number of hydrogen-bond acceptors (Lipinski definition) is 4. The Morgan fingerprint density at radius 2 is 1.96 bits per heavy atom. The summed E-state index contributed by atoms with van der Waals surface area (Å²) >= 11 is 6.14. The number of carbonyl (C=O) groups excluding carboxylic acids is 1. The smallest absolute Gasteiger partial charge is 0.291 e. The van der Waals surface area contributed by atoms with Gasteiger partial charge in [0.15, 0.2) is 5.76 Å². The summed E-state index contributed by atoms with van der Waals surface area (Å²) in [5.41, 5.74) is 7.48. The Morgan fingerprint density at radius 3 is 2.71 bits per heavy atom. The minimum atomic E-state index is -0.392. The predicted octanol–water partition coefficient (Wildman–Crippen LogP) is 4.44. The molecule has 24 heavy (non-hydrogen) atoms. The average molecular weight is 343 g/mol. The van der Waals surface area contributed by atoms with Crippen LogP contribution in [0.3, 0.4) is 0 Å². The first-order chi connectivity index (χ1) is 11.6. The molecule has 1 amide bonds. The molecule has 3 N–H and O–H groups in total. The Morgan fingerprint density at radius 1 is 1.17 bits per heavy atom. The molecule has 122 valence electrons. The number of benzene rings is 2. The number of ether oxygens (including phenoxy) is 1. The number of furan rings is 1. The van der Waals surface area contributed by atoms with Gasteiger partial charge in [0.1, 0.15) is 11.5 Å². The Bertz CT molecular complexity index is 889. The van der Waals surface area contributed by atoms with E-state index in [4.69, 9.17) is 26.5 Å². The van der Waals surface area contributed by atoms with Crippen molar-refractivity contribution in [3.8, 4) is 17.1 Å². The van der Waals surface area contributed by atoms with Gasteiger partial charge in [-0.2, -0.15) is 0 Å². The molecule has 0 saturated carbocycles. The van der Waals surface area contributed by atoms with Crippen molar-refractivity contribution in [3.05, 3.63) is 65.4 Å². The summed E-state index contributed by atoms with van der Waals surface area (Å²) in [4.78, 5) is 12.4. The number of amides is 1. The summed E-state index contributed by atoms with van der Waals surface area (Å²) in [5, 5.41) is 3.29. The normalized spacial score (nSPS) is 10.4. The van der Waals surface area contributed by atoms with E-state index >= 15 is 0 Å². The number of anilines is 2. The van der Waals surface area contributed by atoms with E-state index in [1.165, 1.54) is 7.11 Å². The first kappa shape index (κ1) is 16.0. The average Bonchev–Trinajstić information content (AvgIpc) is 3.06. The maximum atomic E-state index is 12.4. The van der Waals surface area contributed by atoms with Gasteiger partial charge in [-0.1, -0.05) is 23.7 Å². The molecule has 0 aliphatic heterocycles. The van der Waals surface area contributed by atoms with Gasteiger partial charge < -0.3 is 20.2 Å². The third-order valence-corrected chi connectivity index (χ3v) is 3.77. The zero-order chi connectivity index (χ0) is 17.1. The van der Waals surface area contributed by atoms with Crippen molar-refractivity contribution in [1.82, 2.24) is 0 Å². The summed E-state index contributed by atoms with van der Waals surface area (Å²) in [6.45, 7) is 0. The van der Waals surface area contributed by atoms with Crippen molar-refractivity contribution in [2.24, 2.45) is 0 Å². The molecule has 1 heterocycles. The molecule has 6 heteroatoms. The van der Waals surface area contributed by atoms with Crippen LogP contribution in [0.25, 0.3) is 11.3 Å². The van der Waals surface area contributed by atoms with Crippen LogP contribution in [0, 0.1) is 0 Å². The van der Waals surface area contributed by atoms with Crippen molar-refractivity contribution in [2.45, 2.75) is 0 Å². The number of carbonyl (C=O) groups is 1. The van der Waals surface area contributed by atoms with Crippen LogP contribution in [0.15, 0.2) is 59.0 Å². The summed E-state index contributed by atoms with van der Waals surface area (Å²) in [5.74, 6) is 0.774. The summed E-state index contributed by atoms with van der Waals surface area (Å²) in [6, 6.07) is 15.5. The summed E-state index contributed by atoms with van der Waals surface area (Å²) in [7, 11) is 1.51. The van der Waals surface area contributed by atoms with E-state index in [9.17, 15) is 4.79 Å². The molecule has 0 spiro atoms. The second-order valence-corrected chi connectivity index (χ2v) is 5.46. The lowest BCUT2D eigenvalue weighted by atomic mass is 10.2. The van der Waals surface area contributed by atoms with Crippen molar-refractivity contribution in [1.29, 1.82) is 0 Å². The first-order valence-corrected chi connectivity index (χ1v) is 7.56. The molecule has 2 aromatic carbocycles. The number of nitrogen functional groups attached to an aromatic ring is 1. The van der Waals surface area contributed by atoms with Gasteiger partial charge in [0.2, 0.25) is 0 Å². The lowest BCUT2D eigenvalue weighted by Crippen LogP contribution is -2.11. The number of nitrogens with two attached hydrogens (primary N) is 1. The van der Waals surface area contributed by atoms with Crippen molar-refractivity contribution in [2.75, 3.05) is 18.2 Å². The van der Waals surface area contributed by atoms with Crippen LogP contribution >= 0.6 is 11.6 Å². The van der Waals surface area contributed by atoms with Crippen molar-refractivity contribution >= 4 is 28.9 Å². The number of methoxy groups -OCH3 is 1. The Hall–Kier alpha value is -2.92. The van der Waals surface area contributed by atoms with E-state index in [1.54, 1.807) is 36.4 Å². The van der Waals surface area contributed by atoms with Gasteiger partial charge in [0.25, 0.3) is 5.91 Å². The van der Waals surface area contributed by atoms with Gasteiger partial charge in [-0.15, -0.1) is 0 Å². The standard InChI is InChI=1S/C18H15ClN2O3/c1-23-17-10-11(20)6-7-14(17)21-18(22)16-9-8-15(24-16)12-4-2-3-5-13(12)19/h2-10H,20H2,1H3,(H,21,22). The second kappa shape index (κ2) is 6.68. The summed E-state index contributed by atoms with van der Waals surface area (Å²) < 4.78 is 10.8. The molecule has 0 unspecified atom stereocenters. The molecule has 0 saturated heterocycles. The Kier molecular flexibility index (Phi) is 4.44. The second-order valence-electron chi connectivity index (χ2n) is 5.06. The molecule has 0 aliphatic carbocycles. The molecule has 0 aliphatic rings. The first-order valence-electron chi connectivity index (χ1n) is 7.18. The fourth-order valence-electron chi connectivity index (χ4n) is 2.26. The SMILES string of the molecule is COc1cc(N)ccc1NC(=O)c1ccc(-c2ccccc2Cl)o1. The molecular formula is C18H15ClN2O3. The van der Waals surface area contributed by atoms with Gasteiger partial charge in [-0.05, 0) is 36.4 Å². The zero-order valence-corrected chi connectivity index (χ0v) is 13.6. The highest BCUT2D eigenvalue weighted by Gasteiger charge is 2.15. The van der Waals surface area contributed by atoms with Gasteiger partial charge in [-0.3, -0.25) is 4.79 Å². The zero-order valence-electron chi connectivity index (χ0n) is 12.9. The number of nitrogens with one attached hydrogen (secondary N) is 1. The number of hydrogen-bond donors (Lipinski definition) is 2. The Labute approximate surface area is 144 Å². The highest BCUT2D eigenvalue weighted by molar-refractivity contribution is 6.33. The molecular weight excluding hydrogens is 328 g/mol. The molecule has 1 aromatic heterocycles. The largest absolute Gasteiger partial charge is 0.494 e. The van der Waals surface area contributed by atoms with E-state index in [-0.39, 0.29) is 5.76 Å². The minimum Gasteiger partial charge on any atom is -0.494 e. The van der Waals surface area contributed by atoms with E-state index < -0.39 is 5.91 Å². The lowest BCUT2D eigenvalue weighted by Gasteiger charge is -2.09. The van der Waals surface area contributed by atoms with E-state index in [1.807, 2.05) is 18.2 Å². The van der Waals surface area contributed by atoms with Gasteiger partial charge >= 0.3 is 0 Å². The summed E-state index contributed by atoms with van der Waals surface area (Å²) in [6.07, 6.45) is 0. The van der Waals surface area contributed by atoms with Gasteiger partial charge in [-0.25, -0.2) is 0 Å². The van der Waals surface area contributed by atoms with Crippen LogP contribution < -0.4 is 15.8 Å².